The Bertz CT molecular complexity index is 464. The van der Waals surface area contributed by atoms with Crippen LogP contribution < -0.4 is 10.6 Å². The minimum Gasteiger partial charge on any atom is -0.391 e. The molecule has 0 radical (unpaired) electrons. The van der Waals surface area contributed by atoms with Crippen LogP contribution >= 0.6 is 0 Å². The highest BCUT2D eigenvalue weighted by atomic mass is 16.3. The van der Waals surface area contributed by atoms with Gasteiger partial charge in [-0.05, 0) is 25.0 Å². The highest BCUT2D eigenvalue weighted by Crippen LogP contribution is 2.09. The van der Waals surface area contributed by atoms with E-state index in [-0.39, 0.29) is 12.5 Å². The van der Waals surface area contributed by atoms with E-state index in [0.717, 1.165) is 12.8 Å². The highest BCUT2D eigenvalue weighted by Gasteiger charge is 2.21. The number of piperidine rings is 1. The molecule has 6 nitrogen and oxygen atoms in total. The SMILES string of the molecule is O=C(NCC(=O)N1CCC[C@H](O)C1)Nc1ccccc1. The molecule has 2 rings (SSSR count). The molecule has 0 aromatic heterocycles. The van der Waals surface area contributed by atoms with Crippen molar-refractivity contribution in [1.82, 2.24) is 10.2 Å². The summed E-state index contributed by atoms with van der Waals surface area (Å²) in [6.07, 6.45) is 1.07. The van der Waals surface area contributed by atoms with Crippen molar-refractivity contribution < 1.29 is 14.7 Å². The Labute approximate surface area is 117 Å². The van der Waals surface area contributed by atoms with Crippen molar-refractivity contribution in [2.45, 2.75) is 18.9 Å². The fourth-order valence-corrected chi connectivity index (χ4v) is 2.15. The molecule has 0 bridgehead atoms. The fraction of sp³-hybridized carbons (Fsp3) is 0.429. The monoisotopic (exact) mass is 277 g/mol. The van der Waals surface area contributed by atoms with Crippen LogP contribution in [0.5, 0.6) is 0 Å². The van der Waals surface area contributed by atoms with Gasteiger partial charge < -0.3 is 20.6 Å². The van der Waals surface area contributed by atoms with E-state index in [1.807, 2.05) is 18.2 Å². The van der Waals surface area contributed by atoms with Crippen molar-refractivity contribution in [3.05, 3.63) is 30.3 Å². The maximum absolute atomic E-state index is 11.9. The van der Waals surface area contributed by atoms with Crippen LogP contribution in [0.3, 0.4) is 0 Å². The molecule has 3 N–H and O–H groups in total. The molecule has 1 saturated heterocycles. The van der Waals surface area contributed by atoms with Crippen molar-refractivity contribution in [3.63, 3.8) is 0 Å². The Kier molecular flexibility index (Phi) is 4.95. The van der Waals surface area contributed by atoms with Gasteiger partial charge in [0.1, 0.15) is 0 Å². The van der Waals surface area contributed by atoms with Gasteiger partial charge in [0.25, 0.3) is 0 Å². The van der Waals surface area contributed by atoms with Gasteiger partial charge in [-0.25, -0.2) is 4.79 Å². The molecular weight excluding hydrogens is 258 g/mol. The van der Waals surface area contributed by atoms with Crippen molar-refractivity contribution in [3.8, 4) is 0 Å². The first-order chi connectivity index (χ1) is 9.65. The fourth-order valence-electron chi connectivity index (χ4n) is 2.15. The van der Waals surface area contributed by atoms with Gasteiger partial charge in [-0.1, -0.05) is 18.2 Å². The summed E-state index contributed by atoms with van der Waals surface area (Å²) in [7, 11) is 0. The van der Waals surface area contributed by atoms with E-state index in [4.69, 9.17) is 0 Å². The number of para-hydroxylation sites is 1. The van der Waals surface area contributed by atoms with Crippen LogP contribution in [0.25, 0.3) is 0 Å². The van der Waals surface area contributed by atoms with Crippen LogP contribution in [-0.4, -0.2) is 47.7 Å². The van der Waals surface area contributed by atoms with E-state index >= 15 is 0 Å². The number of carbonyl (C=O) groups is 2. The third kappa shape index (κ3) is 4.24. The van der Waals surface area contributed by atoms with Crippen LogP contribution in [0.2, 0.25) is 0 Å². The summed E-state index contributed by atoms with van der Waals surface area (Å²) >= 11 is 0. The molecule has 1 atom stereocenters. The zero-order valence-corrected chi connectivity index (χ0v) is 11.2. The van der Waals surface area contributed by atoms with Crippen LogP contribution in [0.1, 0.15) is 12.8 Å². The lowest BCUT2D eigenvalue weighted by Gasteiger charge is -2.30. The molecule has 0 saturated carbocycles. The molecule has 1 heterocycles. The van der Waals surface area contributed by atoms with E-state index in [1.54, 1.807) is 17.0 Å². The van der Waals surface area contributed by atoms with E-state index in [9.17, 15) is 14.7 Å². The smallest absolute Gasteiger partial charge is 0.319 e. The normalized spacial score (nSPS) is 18.4. The summed E-state index contributed by atoms with van der Waals surface area (Å²) in [6, 6.07) is 8.60. The standard InChI is InChI=1S/C14H19N3O3/c18-12-7-4-8-17(10-12)13(19)9-15-14(20)16-11-5-2-1-3-6-11/h1-3,5-6,12,18H,4,7-10H2,(H2,15,16,20)/t12-/m0/s1. The average Bonchev–Trinajstić information content (AvgIpc) is 2.46. The topological polar surface area (TPSA) is 81.7 Å². The minimum atomic E-state index is -0.453. The van der Waals surface area contributed by atoms with Crippen LogP contribution in [0.4, 0.5) is 10.5 Å². The summed E-state index contributed by atoms with van der Waals surface area (Å²) in [5.41, 5.74) is 0.672. The molecule has 1 fully saturated rings. The van der Waals surface area contributed by atoms with E-state index in [1.165, 1.54) is 0 Å². The lowest BCUT2D eigenvalue weighted by molar-refractivity contribution is -0.133. The average molecular weight is 277 g/mol. The second-order valence-corrected chi connectivity index (χ2v) is 4.81. The third-order valence-electron chi connectivity index (χ3n) is 3.18. The zero-order valence-electron chi connectivity index (χ0n) is 11.2. The lowest BCUT2D eigenvalue weighted by atomic mass is 10.1. The van der Waals surface area contributed by atoms with Crippen molar-refractivity contribution in [1.29, 1.82) is 0 Å². The number of likely N-dealkylation sites (tertiary alicyclic amines) is 1. The van der Waals surface area contributed by atoms with Crippen molar-refractivity contribution in [2.24, 2.45) is 0 Å². The summed E-state index contributed by atoms with van der Waals surface area (Å²) in [4.78, 5) is 25.1. The number of hydrogen-bond acceptors (Lipinski definition) is 3. The van der Waals surface area contributed by atoms with Gasteiger partial charge >= 0.3 is 6.03 Å². The van der Waals surface area contributed by atoms with E-state index in [0.29, 0.717) is 18.8 Å². The first-order valence-corrected chi connectivity index (χ1v) is 6.71. The second-order valence-electron chi connectivity index (χ2n) is 4.81. The Morgan fingerprint density at radius 2 is 2.05 bits per heavy atom. The Hall–Kier alpha value is -2.08. The number of amides is 3. The molecule has 0 aliphatic carbocycles. The van der Waals surface area contributed by atoms with Gasteiger partial charge in [-0.2, -0.15) is 0 Å². The molecule has 0 unspecified atom stereocenters. The number of urea groups is 1. The molecule has 108 valence electrons. The second kappa shape index (κ2) is 6.91. The molecule has 1 aromatic carbocycles. The number of anilines is 1. The maximum Gasteiger partial charge on any atom is 0.319 e. The number of nitrogens with one attached hydrogen (secondary N) is 2. The highest BCUT2D eigenvalue weighted by molar-refractivity contribution is 5.92. The number of β-amino-alcohol motifs (C(OH)–C–C–N with tert-alkyl or cyclic N) is 1. The molecular formula is C14H19N3O3. The number of benzene rings is 1. The number of rotatable bonds is 3. The zero-order chi connectivity index (χ0) is 14.4. The predicted octanol–water partition coefficient (Wildman–Crippen LogP) is 0.791. The van der Waals surface area contributed by atoms with Crippen LogP contribution in [0.15, 0.2) is 30.3 Å². The number of hydrogen-bond donors (Lipinski definition) is 3. The lowest BCUT2D eigenvalue weighted by Crippen LogP contribution is -2.47. The molecule has 1 aliphatic heterocycles. The first-order valence-electron chi connectivity index (χ1n) is 6.71. The molecule has 1 aromatic rings. The quantitative estimate of drug-likeness (QED) is 0.764. The van der Waals surface area contributed by atoms with E-state index < -0.39 is 12.1 Å². The number of aliphatic hydroxyl groups excluding tert-OH is 1. The number of carbonyl (C=O) groups excluding carboxylic acids is 2. The summed E-state index contributed by atoms with van der Waals surface area (Å²) < 4.78 is 0. The van der Waals surface area contributed by atoms with Gasteiger partial charge in [0, 0.05) is 18.8 Å². The van der Waals surface area contributed by atoms with Crippen LogP contribution in [-0.2, 0) is 4.79 Å². The third-order valence-corrected chi connectivity index (χ3v) is 3.18. The number of nitrogens with zero attached hydrogens (tertiary/aromatic N) is 1. The summed E-state index contributed by atoms with van der Waals surface area (Å²) in [5.74, 6) is -0.174. The molecule has 20 heavy (non-hydrogen) atoms. The molecule has 3 amide bonds. The largest absolute Gasteiger partial charge is 0.391 e. The minimum absolute atomic E-state index is 0.0641. The van der Waals surface area contributed by atoms with Crippen molar-refractivity contribution in [2.75, 3.05) is 25.0 Å². The van der Waals surface area contributed by atoms with Crippen LogP contribution in [0, 0.1) is 0 Å². The Balaban J connectivity index is 1.74. The predicted molar refractivity (Wildman–Crippen MR) is 75.3 cm³/mol. The Morgan fingerprint density at radius 3 is 2.75 bits per heavy atom. The van der Waals surface area contributed by atoms with Gasteiger partial charge in [0.05, 0.1) is 12.6 Å². The van der Waals surface area contributed by atoms with Gasteiger partial charge in [0.15, 0.2) is 0 Å². The van der Waals surface area contributed by atoms with E-state index in [2.05, 4.69) is 10.6 Å². The van der Waals surface area contributed by atoms with Gasteiger partial charge in [0.2, 0.25) is 5.91 Å². The molecule has 0 spiro atoms. The maximum atomic E-state index is 11.9. The number of aliphatic hydroxyl groups is 1. The molecule has 1 aliphatic rings. The van der Waals surface area contributed by atoms with Gasteiger partial charge in [-0.15, -0.1) is 0 Å². The Morgan fingerprint density at radius 1 is 1.30 bits per heavy atom. The van der Waals surface area contributed by atoms with Crippen molar-refractivity contribution >= 4 is 17.6 Å². The summed E-state index contributed by atoms with van der Waals surface area (Å²) in [6.45, 7) is 0.921. The summed E-state index contributed by atoms with van der Waals surface area (Å²) in [5, 5.41) is 14.7. The van der Waals surface area contributed by atoms with Gasteiger partial charge in [-0.3, -0.25) is 4.79 Å². The first kappa shape index (κ1) is 14.3. The molecule has 6 heteroatoms.